The molecule has 0 aliphatic carbocycles. The molecular formula is C18H20N4O3. The van der Waals surface area contributed by atoms with Gasteiger partial charge in [-0.25, -0.2) is 0 Å². The highest BCUT2D eigenvalue weighted by atomic mass is 16.3. The lowest BCUT2D eigenvalue weighted by atomic mass is 10.0. The van der Waals surface area contributed by atoms with Crippen molar-refractivity contribution in [1.82, 2.24) is 20.1 Å². The maximum Gasteiger partial charge on any atom is 0.248 e. The number of aliphatic hydroxyl groups excluding tert-OH is 1. The van der Waals surface area contributed by atoms with Crippen molar-refractivity contribution in [3.05, 3.63) is 42.1 Å². The van der Waals surface area contributed by atoms with E-state index in [0.29, 0.717) is 19.6 Å². The van der Waals surface area contributed by atoms with Crippen LogP contribution in [0.3, 0.4) is 0 Å². The van der Waals surface area contributed by atoms with Gasteiger partial charge in [-0.05, 0) is 23.8 Å². The van der Waals surface area contributed by atoms with Crippen LogP contribution in [0.2, 0.25) is 0 Å². The molecule has 0 unspecified atom stereocenters. The first kappa shape index (κ1) is 16.0. The van der Waals surface area contributed by atoms with Gasteiger partial charge in [-0.1, -0.05) is 12.1 Å². The summed E-state index contributed by atoms with van der Waals surface area (Å²) in [6, 6.07) is 8.84. The number of carbonyl (C=O) groups is 2. The van der Waals surface area contributed by atoms with Crippen LogP contribution in [0.5, 0.6) is 0 Å². The number of amides is 2. The Bertz CT molecular complexity index is 825. The fraction of sp³-hybridized carbons (Fsp3) is 0.389. The number of pyridine rings is 1. The molecule has 2 saturated heterocycles. The number of aliphatic hydroxyl groups is 1. The van der Waals surface area contributed by atoms with E-state index in [4.69, 9.17) is 0 Å². The SMILES string of the molecule is O=C1N[C@@H](CO)C(=O)N2CCN(Cc3ccc4ncccc4c3)C[C@H]12. The predicted octanol–water partition coefficient (Wildman–Crippen LogP) is -0.262. The Morgan fingerprint density at radius 3 is 2.96 bits per heavy atom. The van der Waals surface area contributed by atoms with Gasteiger partial charge >= 0.3 is 0 Å². The van der Waals surface area contributed by atoms with E-state index >= 15 is 0 Å². The first-order valence-electron chi connectivity index (χ1n) is 8.43. The van der Waals surface area contributed by atoms with Gasteiger partial charge in [0, 0.05) is 37.8 Å². The van der Waals surface area contributed by atoms with Crippen LogP contribution in [-0.4, -0.2) is 70.0 Å². The molecule has 0 radical (unpaired) electrons. The summed E-state index contributed by atoms with van der Waals surface area (Å²) < 4.78 is 0. The fourth-order valence-electron chi connectivity index (χ4n) is 3.61. The zero-order valence-electron chi connectivity index (χ0n) is 13.8. The quantitative estimate of drug-likeness (QED) is 0.804. The summed E-state index contributed by atoms with van der Waals surface area (Å²) in [5, 5.41) is 12.9. The van der Waals surface area contributed by atoms with Gasteiger partial charge in [0.25, 0.3) is 0 Å². The van der Waals surface area contributed by atoms with E-state index < -0.39 is 12.1 Å². The zero-order valence-corrected chi connectivity index (χ0v) is 13.8. The molecule has 2 aromatic rings. The Morgan fingerprint density at radius 2 is 2.12 bits per heavy atom. The number of nitrogens with zero attached hydrogens (tertiary/aromatic N) is 3. The Morgan fingerprint density at radius 1 is 1.24 bits per heavy atom. The molecule has 0 saturated carbocycles. The van der Waals surface area contributed by atoms with Gasteiger partial charge in [-0.15, -0.1) is 0 Å². The topological polar surface area (TPSA) is 85.8 Å². The van der Waals surface area contributed by atoms with E-state index in [1.54, 1.807) is 11.1 Å². The highest BCUT2D eigenvalue weighted by Crippen LogP contribution is 2.20. The first-order valence-corrected chi connectivity index (χ1v) is 8.43. The zero-order chi connectivity index (χ0) is 17.4. The third-order valence-corrected chi connectivity index (χ3v) is 4.92. The average Bonchev–Trinajstić information content (AvgIpc) is 2.64. The van der Waals surface area contributed by atoms with Crippen LogP contribution in [0.15, 0.2) is 36.5 Å². The molecule has 2 aliphatic heterocycles. The second-order valence-electron chi connectivity index (χ2n) is 6.56. The van der Waals surface area contributed by atoms with Crippen molar-refractivity contribution in [2.45, 2.75) is 18.6 Å². The second kappa shape index (κ2) is 6.42. The lowest BCUT2D eigenvalue weighted by molar-refractivity contribution is -0.154. The predicted molar refractivity (Wildman–Crippen MR) is 91.5 cm³/mol. The Labute approximate surface area is 145 Å². The van der Waals surface area contributed by atoms with E-state index in [2.05, 4.69) is 27.3 Å². The highest BCUT2D eigenvalue weighted by Gasteiger charge is 2.42. The largest absolute Gasteiger partial charge is 0.394 e. The molecule has 2 N–H and O–H groups in total. The molecule has 25 heavy (non-hydrogen) atoms. The second-order valence-corrected chi connectivity index (χ2v) is 6.56. The van der Waals surface area contributed by atoms with Gasteiger partial charge in [0.2, 0.25) is 11.8 Å². The van der Waals surface area contributed by atoms with Crippen molar-refractivity contribution in [3.63, 3.8) is 0 Å². The summed E-state index contributed by atoms with van der Waals surface area (Å²) in [5.74, 6) is -0.380. The van der Waals surface area contributed by atoms with Gasteiger partial charge < -0.3 is 15.3 Å². The third kappa shape index (κ3) is 2.96. The molecule has 7 heteroatoms. The average molecular weight is 340 g/mol. The number of carbonyl (C=O) groups excluding carboxylic acids is 2. The number of nitrogens with one attached hydrogen (secondary N) is 1. The van der Waals surface area contributed by atoms with Gasteiger partial charge in [-0.3, -0.25) is 19.5 Å². The van der Waals surface area contributed by atoms with Gasteiger partial charge in [0.05, 0.1) is 12.1 Å². The van der Waals surface area contributed by atoms with Crippen LogP contribution in [0, 0.1) is 0 Å². The molecule has 1 aromatic carbocycles. The van der Waals surface area contributed by atoms with Gasteiger partial charge in [0.15, 0.2) is 0 Å². The molecule has 2 atom stereocenters. The van der Waals surface area contributed by atoms with Gasteiger partial charge in [0.1, 0.15) is 12.1 Å². The third-order valence-electron chi connectivity index (χ3n) is 4.92. The standard InChI is InChI=1S/C18H20N4O3/c23-11-15-18(25)22-7-6-21(10-16(22)17(24)20-15)9-12-3-4-14-13(8-12)2-1-5-19-14/h1-5,8,15-16,23H,6-7,9-11H2,(H,20,24)/t15-,16+/m0/s1. The molecular weight excluding hydrogens is 320 g/mol. The number of benzene rings is 1. The number of hydrogen-bond acceptors (Lipinski definition) is 5. The van der Waals surface area contributed by atoms with Crippen molar-refractivity contribution in [2.75, 3.05) is 26.2 Å². The minimum Gasteiger partial charge on any atom is -0.394 e. The summed E-state index contributed by atoms with van der Waals surface area (Å²) >= 11 is 0. The summed E-state index contributed by atoms with van der Waals surface area (Å²) in [7, 11) is 0. The summed E-state index contributed by atoms with van der Waals surface area (Å²) in [6.45, 7) is 2.07. The van der Waals surface area contributed by atoms with Crippen molar-refractivity contribution in [1.29, 1.82) is 0 Å². The maximum absolute atomic E-state index is 12.3. The van der Waals surface area contributed by atoms with Crippen molar-refractivity contribution in [2.24, 2.45) is 0 Å². The lowest BCUT2D eigenvalue weighted by Crippen LogP contribution is -2.69. The lowest BCUT2D eigenvalue weighted by Gasteiger charge is -2.45. The van der Waals surface area contributed by atoms with E-state index in [1.807, 2.05) is 18.2 Å². The maximum atomic E-state index is 12.3. The van der Waals surface area contributed by atoms with E-state index in [9.17, 15) is 14.7 Å². The molecule has 4 rings (SSSR count). The normalized spacial score (nSPS) is 24.3. The van der Waals surface area contributed by atoms with Crippen LogP contribution in [0.1, 0.15) is 5.56 Å². The summed E-state index contributed by atoms with van der Waals surface area (Å²) in [4.78, 5) is 32.6. The number of rotatable bonds is 3. The fourth-order valence-corrected chi connectivity index (χ4v) is 3.61. The molecule has 2 aliphatic rings. The Hall–Kier alpha value is -2.51. The summed E-state index contributed by atoms with van der Waals surface area (Å²) in [6.07, 6.45) is 1.78. The molecule has 2 amide bonds. The molecule has 1 aromatic heterocycles. The molecule has 2 fully saturated rings. The van der Waals surface area contributed by atoms with Crippen LogP contribution in [0.4, 0.5) is 0 Å². The summed E-state index contributed by atoms with van der Waals surface area (Å²) in [5.41, 5.74) is 2.12. The molecule has 3 heterocycles. The van der Waals surface area contributed by atoms with Crippen LogP contribution >= 0.6 is 0 Å². The van der Waals surface area contributed by atoms with Crippen LogP contribution in [-0.2, 0) is 16.1 Å². The number of aromatic nitrogens is 1. The van der Waals surface area contributed by atoms with E-state index in [0.717, 1.165) is 23.0 Å². The van der Waals surface area contributed by atoms with E-state index in [1.165, 1.54) is 0 Å². The Kier molecular flexibility index (Phi) is 4.10. The number of hydrogen-bond donors (Lipinski definition) is 2. The smallest absolute Gasteiger partial charge is 0.248 e. The van der Waals surface area contributed by atoms with Crippen LogP contribution in [0.25, 0.3) is 10.9 Å². The van der Waals surface area contributed by atoms with Crippen molar-refractivity contribution >= 4 is 22.7 Å². The van der Waals surface area contributed by atoms with Gasteiger partial charge in [-0.2, -0.15) is 0 Å². The number of piperazine rings is 2. The molecule has 0 spiro atoms. The minimum absolute atomic E-state index is 0.189. The van der Waals surface area contributed by atoms with Crippen molar-refractivity contribution in [3.8, 4) is 0 Å². The van der Waals surface area contributed by atoms with Crippen LogP contribution < -0.4 is 5.32 Å². The van der Waals surface area contributed by atoms with E-state index in [-0.39, 0.29) is 18.4 Å². The Balaban J connectivity index is 1.48. The monoisotopic (exact) mass is 340 g/mol. The first-order chi connectivity index (χ1) is 12.2. The molecule has 7 nitrogen and oxygen atoms in total. The van der Waals surface area contributed by atoms with Crippen molar-refractivity contribution < 1.29 is 14.7 Å². The number of fused-ring (bicyclic) bond motifs is 2. The molecule has 0 bridgehead atoms. The highest BCUT2D eigenvalue weighted by molar-refractivity contribution is 5.97. The minimum atomic E-state index is -0.803. The molecule has 130 valence electrons.